The van der Waals surface area contributed by atoms with Crippen LogP contribution in [0, 0.1) is 12.8 Å². The number of hydrogen-bond donors (Lipinski definition) is 0. The summed E-state index contributed by atoms with van der Waals surface area (Å²) in [5.41, 5.74) is 0. The monoisotopic (exact) mass is 218 g/mol. The average Bonchev–Trinajstić information content (AvgIpc) is 2.70. The molecule has 1 aromatic rings. The van der Waals surface area contributed by atoms with Gasteiger partial charge in [-0.3, -0.25) is 0 Å². The molecule has 0 amide bonds. The fourth-order valence-corrected chi connectivity index (χ4v) is 2.45. The average molecular weight is 218 g/mol. The second kappa shape index (κ2) is 3.81. The number of hydrogen-bond acceptors (Lipinski definition) is 3. The van der Waals surface area contributed by atoms with Crippen LogP contribution in [0.3, 0.4) is 0 Å². The summed E-state index contributed by atoms with van der Waals surface area (Å²) < 4.78 is 24.8. The van der Waals surface area contributed by atoms with Crippen molar-refractivity contribution in [3.05, 3.63) is 11.1 Å². The van der Waals surface area contributed by atoms with Crippen molar-refractivity contribution >= 4 is 16.5 Å². The van der Waals surface area contributed by atoms with Gasteiger partial charge in [0.1, 0.15) is 0 Å². The zero-order valence-corrected chi connectivity index (χ0v) is 8.73. The molecule has 0 N–H and O–H groups in total. The summed E-state index contributed by atoms with van der Waals surface area (Å²) in [5, 5.41) is 0.880. The summed E-state index contributed by atoms with van der Waals surface area (Å²) in [5.74, 6) is -0.473. The molecule has 5 heteroatoms. The molecule has 1 aromatic heterocycles. The van der Waals surface area contributed by atoms with Crippen LogP contribution in [-0.2, 0) is 0 Å². The molecule has 78 valence electrons. The van der Waals surface area contributed by atoms with E-state index < -0.39 is 12.3 Å². The molecule has 2 rings (SSSR count). The summed E-state index contributed by atoms with van der Waals surface area (Å²) in [4.78, 5) is 7.27. The van der Waals surface area contributed by atoms with Gasteiger partial charge < -0.3 is 4.90 Å². The number of thiazole rings is 1. The van der Waals surface area contributed by atoms with E-state index in [0.29, 0.717) is 19.5 Å². The Bertz CT molecular complexity index is 314. The van der Waals surface area contributed by atoms with Crippen molar-refractivity contribution in [1.29, 1.82) is 0 Å². The Balaban J connectivity index is 2.02. The molecule has 14 heavy (non-hydrogen) atoms. The first-order chi connectivity index (χ1) is 6.66. The van der Waals surface area contributed by atoms with Crippen molar-refractivity contribution < 1.29 is 8.78 Å². The Morgan fingerprint density at radius 2 is 2.43 bits per heavy atom. The number of nitrogens with zero attached hydrogens (tertiary/aromatic N) is 2. The molecule has 0 spiro atoms. The Morgan fingerprint density at radius 3 is 2.93 bits per heavy atom. The number of aryl methyl sites for hydroxylation is 1. The Labute approximate surface area is 85.6 Å². The molecule has 0 radical (unpaired) electrons. The second-order valence-electron chi connectivity index (χ2n) is 3.58. The fraction of sp³-hybridized carbons (Fsp3) is 0.667. The predicted octanol–water partition coefficient (Wildman–Crippen LogP) is 2.54. The van der Waals surface area contributed by atoms with Crippen molar-refractivity contribution in [1.82, 2.24) is 4.98 Å². The lowest BCUT2D eigenvalue weighted by Gasteiger charge is -2.14. The Hall–Kier alpha value is -0.710. The van der Waals surface area contributed by atoms with E-state index in [-0.39, 0.29) is 0 Å². The Kier molecular flexibility index (Phi) is 2.67. The van der Waals surface area contributed by atoms with Gasteiger partial charge in [-0.15, -0.1) is 11.3 Å². The molecule has 1 unspecified atom stereocenters. The van der Waals surface area contributed by atoms with Crippen molar-refractivity contribution in [2.24, 2.45) is 5.92 Å². The van der Waals surface area contributed by atoms with Gasteiger partial charge in [0.05, 0.1) is 0 Å². The van der Waals surface area contributed by atoms with E-state index in [1.165, 1.54) is 0 Å². The molecule has 1 atom stereocenters. The van der Waals surface area contributed by atoms with Crippen molar-refractivity contribution in [3.8, 4) is 0 Å². The summed E-state index contributed by atoms with van der Waals surface area (Å²) in [6.45, 7) is 3.13. The molecular formula is C9H12F2N2S. The normalized spacial score (nSPS) is 22.3. The minimum atomic E-state index is -2.19. The van der Waals surface area contributed by atoms with Crippen LogP contribution in [0.15, 0.2) is 6.20 Å². The van der Waals surface area contributed by atoms with Crippen molar-refractivity contribution in [3.63, 3.8) is 0 Å². The Morgan fingerprint density at radius 1 is 1.64 bits per heavy atom. The van der Waals surface area contributed by atoms with E-state index in [1.807, 2.05) is 11.8 Å². The minimum Gasteiger partial charge on any atom is -0.348 e. The van der Waals surface area contributed by atoms with Crippen molar-refractivity contribution in [2.75, 3.05) is 18.0 Å². The standard InChI is InChI=1S/C9H12F2N2S/c1-6-4-12-9(14-6)13-3-2-7(5-13)8(10)11/h4,7-8H,2-3,5H2,1H3. The molecule has 2 nitrogen and oxygen atoms in total. The third kappa shape index (κ3) is 1.87. The highest BCUT2D eigenvalue weighted by molar-refractivity contribution is 7.15. The van der Waals surface area contributed by atoms with Gasteiger partial charge >= 0.3 is 0 Å². The van der Waals surface area contributed by atoms with Crippen LogP contribution in [0.1, 0.15) is 11.3 Å². The van der Waals surface area contributed by atoms with Gasteiger partial charge in [0, 0.05) is 30.1 Å². The first-order valence-corrected chi connectivity index (χ1v) is 5.44. The van der Waals surface area contributed by atoms with E-state index in [2.05, 4.69) is 4.98 Å². The number of rotatable bonds is 2. The quantitative estimate of drug-likeness (QED) is 0.758. The highest BCUT2D eigenvalue weighted by Gasteiger charge is 2.30. The number of alkyl halides is 2. The maximum atomic E-state index is 12.4. The molecular weight excluding hydrogens is 206 g/mol. The maximum Gasteiger partial charge on any atom is 0.243 e. The van der Waals surface area contributed by atoms with E-state index in [1.54, 1.807) is 17.5 Å². The fourth-order valence-electron chi connectivity index (χ4n) is 1.66. The van der Waals surface area contributed by atoms with Crippen LogP contribution in [0.4, 0.5) is 13.9 Å². The van der Waals surface area contributed by atoms with Crippen LogP contribution in [0.2, 0.25) is 0 Å². The maximum absolute atomic E-state index is 12.4. The van der Waals surface area contributed by atoms with Crippen LogP contribution >= 0.6 is 11.3 Å². The van der Waals surface area contributed by atoms with Crippen LogP contribution in [-0.4, -0.2) is 24.5 Å². The highest BCUT2D eigenvalue weighted by atomic mass is 32.1. The van der Waals surface area contributed by atoms with E-state index in [9.17, 15) is 8.78 Å². The molecule has 1 aliphatic rings. The first-order valence-electron chi connectivity index (χ1n) is 4.62. The number of aromatic nitrogens is 1. The lowest BCUT2D eigenvalue weighted by atomic mass is 10.1. The summed E-state index contributed by atoms with van der Waals surface area (Å²) in [6, 6.07) is 0. The summed E-state index contributed by atoms with van der Waals surface area (Å²) >= 11 is 1.57. The zero-order chi connectivity index (χ0) is 10.1. The third-order valence-electron chi connectivity index (χ3n) is 2.46. The van der Waals surface area contributed by atoms with Gasteiger partial charge in [-0.2, -0.15) is 0 Å². The highest BCUT2D eigenvalue weighted by Crippen LogP contribution is 2.29. The number of anilines is 1. The SMILES string of the molecule is Cc1cnc(N2CCC(C(F)F)C2)s1. The topological polar surface area (TPSA) is 16.1 Å². The van der Waals surface area contributed by atoms with Crippen LogP contribution in [0.5, 0.6) is 0 Å². The zero-order valence-electron chi connectivity index (χ0n) is 7.91. The molecule has 1 saturated heterocycles. The molecule has 1 fully saturated rings. The predicted molar refractivity (Wildman–Crippen MR) is 53.2 cm³/mol. The van der Waals surface area contributed by atoms with Gasteiger partial charge in [0.2, 0.25) is 6.43 Å². The lowest BCUT2D eigenvalue weighted by Crippen LogP contribution is -2.21. The van der Waals surface area contributed by atoms with E-state index in [4.69, 9.17) is 0 Å². The van der Waals surface area contributed by atoms with Crippen LogP contribution in [0.25, 0.3) is 0 Å². The molecule has 0 aromatic carbocycles. The summed E-state index contributed by atoms with van der Waals surface area (Å²) in [6.07, 6.45) is 0.174. The summed E-state index contributed by atoms with van der Waals surface area (Å²) in [7, 11) is 0. The smallest absolute Gasteiger partial charge is 0.243 e. The molecule has 0 saturated carbocycles. The molecule has 2 heterocycles. The van der Waals surface area contributed by atoms with Gasteiger partial charge in [-0.25, -0.2) is 13.8 Å². The second-order valence-corrected chi connectivity index (χ2v) is 4.80. The van der Waals surface area contributed by atoms with Gasteiger partial charge in [-0.1, -0.05) is 0 Å². The van der Waals surface area contributed by atoms with Crippen LogP contribution < -0.4 is 4.90 Å². The molecule has 1 aliphatic heterocycles. The van der Waals surface area contributed by atoms with Crippen molar-refractivity contribution in [2.45, 2.75) is 19.8 Å². The van der Waals surface area contributed by atoms with E-state index >= 15 is 0 Å². The third-order valence-corrected chi connectivity index (χ3v) is 3.43. The largest absolute Gasteiger partial charge is 0.348 e. The van der Waals surface area contributed by atoms with E-state index in [0.717, 1.165) is 10.0 Å². The molecule has 0 aliphatic carbocycles. The lowest BCUT2D eigenvalue weighted by molar-refractivity contribution is 0.0880. The van der Waals surface area contributed by atoms with Gasteiger partial charge in [0.25, 0.3) is 0 Å². The first kappa shape index (κ1) is 9.83. The minimum absolute atomic E-state index is 0.449. The molecule has 0 bridgehead atoms. The van der Waals surface area contributed by atoms with Gasteiger partial charge in [-0.05, 0) is 13.3 Å². The number of halogens is 2. The van der Waals surface area contributed by atoms with Gasteiger partial charge in [0.15, 0.2) is 5.13 Å².